The number of nitrogens with one attached hydrogen (secondary N) is 1. The van der Waals surface area contributed by atoms with E-state index in [2.05, 4.69) is 5.32 Å². The molecule has 3 atom stereocenters. The molecular weight excluding hydrogens is 328 g/mol. The molecular formula is C17H22N2O4S. The van der Waals surface area contributed by atoms with Crippen molar-refractivity contribution in [3.05, 3.63) is 35.9 Å². The van der Waals surface area contributed by atoms with Gasteiger partial charge in [-0.15, -0.1) is 11.8 Å². The molecule has 24 heavy (non-hydrogen) atoms. The van der Waals surface area contributed by atoms with E-state index in [1.54, 1.807) is 18.8 Å². The number of amides is 1. The molecule has 0 aromatic heterocycles. The first-order chi connectivity index (χ1) is 11.3. The van der Waals surface area contributed by atoms with Crippen molar-refractivity contribution in [2.75, 3.05) is 7.05 Å². The van der Waals surface area contributed by atoms with E-state index in [1.807, 2.05) is 44.2 Å². The van der Waals surface area contributed by atoms with E-state index in [-0.39, 0.29) is 17.3 Å². The van der Waals surface area contributed by atoms with Crippen molar-refractivity contribution in [1.82, 2.24) is 10.2 Å². The quantitative estimate of drug-likeness (QED) is 0.626. The number of nitrogens with zero attached hydrogens (tertiary/aromatic N) is 1. The van der Waals surface area contributed by atoms with Crippen LogP contribution in [0.5, 0.6) is 0 Å². The van der Waals surface area contributed by atoms with Gasteiger partial charge in [-0.2, -0.15) is 0 Å². The minimum atomic E-state index is -0.919. The van der Waals surface area contributed by atoms with Gasteiger partial charge in [0.15, 0.2) is 0 Å². The predicted octanol–water partition coefficient (Wildman–Crippen LogP) is 1.15. The lowest BCUT2D eigenvalue weighted by atomic mass is 9.96. The molecule has 2 fully saturated rings. The van der Waals surface area contributed by atoms with Crippen molar-refractivity contribution in [3.63, 3.8) is 0 Å². The second kappa shape index (κ2) is 7.36. The minimum Gasteiger partial charge on any atom is -0.480 e. The van der Waals surface area contributed by atoms with Gasteiger partial charge in [0, 0.05) is 11.2 Å². The average molecular weight is 350 g/mol. The predicted molar refractivity (Wildman–Crippen MR) is 92.8 cm³/mol. The number of hydrogen-bond donors (Lipinski definition) is 2. The van der Waals surface area contributed by atoms with Crippen molar-refractivity contribution in [3.8, 4) is 0 Å². The molecule has 1 aromatic rings. The number of likely N-dealkylation sites (N-methyl/N-ethyl adjacent to an activating group) is 1. The first kappa shape index (κ1) is 18.5. The van der Waals surface area contributed by atoms with Crippen LogP contribution < -0.4 is 5.32 Å². The summed E-state index contributed by atoms with van der Waals surface area (Å²) in [5, 5.41) is 12.0. The lowest BCUT2D eigenvalue weighted by Gasteiger charge is -2.43. The van der Waals surface area contributed by atoms with Gasteiger partial charge in [-0.3, -0.25) is 4.79 Å². The second-order valence-electron chi connectivity index (χ2n) is 6.22. The molecule has 0 spiro atoms. The Labute approximate surface area is 145 Å². The highest BCUT2D eigenvalue weighted by Gasteiger charge is 2.63. The van der Waals surface area contributed by atoms with Crippen molar-refractivity contribution < 1.29 is 19.5 Å². The topological polar surface area (TPSA) is 86.7 Å². The van der Waals surface area contributed by atoms with Gasteiger partial charge < -0.3 is 20.1 Å². The maximum Gasteiger partial charge on any atom is 0.327 e. The maximum absolute atomic E-state index is 11.7. The SMILES string of the molecule is CNC1C(=O)N2C1SC(C)(C)C2C(=O)O.O=CCc1ccccc1. The highest BCUT2D eigenvalue weighted by molar-refractivity contribution is 8.01. The molecule has 2 saturated heterocycles. The first-order valence-electron chi connectivity index (χ1n) is 7.71. The van der Waals surface area contributed by atoms with Gasteiger partial charge in [0.1, 0.15) is 23.7 Å². The molecule has 2 N–H and O–H groups in total. The van der Waals surface area contributed by atoms with Gasteiger partial charge >= 0.3 is 5.97 Å². The van der Waals surface area contributed by atoms with Crippen molar-refractivity contribution in [1.29, 1.82) is 0 Å². The number of aliphatic carboxylic acids is 1. The molecule has 6 nitrogen and oxygen atoms in total. The molecule has 0 aliphatic carbocycles. The lowest BCUT2D eigenvalue weighted by Crippen LogP contribution is -2.69. The Morgan fingerprint density at radius 3 is 2.50 bits per heavy atom. The summed E-state index contributed by atoms with van der Waals surface area (Å²) < 4.78 is -0.419. The summed E-state index contributed by atoms with van der Waals surface area (Å²) in [6, 6.07) is 8.75. The van der Waals surface area contributed by atoms with E-state index in [4.69, 9.17) is 5.11 Å². The molecule has 0 bridgehead atoms. The Morgan fingerprint density at radius 1 is 1.38 bits per heavy atom. The van der Waals surface area contributed by atoms with Gasteiger partial charge in [0.05, 0.1) is 0 Å². The van der Waals surface area contributed by atoms with Crippen LogP contribution in [0.2, 0.25) is 0 Å². The van der Waals surface area contributed by atoms with Crippen LogP contribution in [0.3, 0.4) is 0 Å². The molecule has 7 heteroatoms. The Kier molecular flexibility index (Phi) is 5.66. The summed E-state index contributed by atoms with van der Waals surface area (Å²) in [6.07, 6.45) is 1.44. The molecule has 130 valence electrons. The van der Waals surface area contributed by atoms with Crippen LogP contribution in [0.4, 0.5) is 0 Å². The third-order valence-corrected chi connectivity index (χ3v) is 5.72. The Hall–Kier alpha value is -1.86. The van der Waals surface area contributed by atoms with Crippen LogP contribution in [-0.2, 0) is 20.8 Å². The number of thioether (sulfide) groups is 1. The molecule has 2 aliphatic heterocycles. The van der Waals surface area contributed by atoms with E-state index >= 15 is 0 Å². The fraction of sp³-hybridized carbons (Fsp3) is 0.471. The number of carbonyl (C=O) groups is 3. The Balaban J connectivity index is 0.000000198. The number of benzene rings is 1. The fourth-order valence-corrected chi connectivity index (χ4v) is 4.68. The normalized spacial score (nSPS) is 26.7. The monoisotopic (exact) mass is 350 g/mol. The third kappa shape index (κ3) is 3.47. The highest BCUT2D eigenvalue weighted by Crippen LogP contribution is 2.50. The Bertz CT molecular complexity index is 620. The molecule has 1 aromatic carbocycles. The molecule has 0 radical (unpaired) electrons. The fourth-order valence-electron chi connectivity index (χ4n) is 2.99. The maximum atomic E-state index is 11.7. The highest BCUT2D eigenvalue weighted by atomic mass is 32.2. The number of rotatable bonds is 4. The van der Waals surface area contributed by atoms with E-state index < -0.39 is 16.8 Å². The van der Waals surface area contributed by atoms with Gasteiger partial charge in [0.25, 0.3) is 0 Å². The van der Waals surface area contributed by atoms with Gasteiger partial charge in [-0.05, 0) is 26.5 Å². The number of hydrogen-bond acceptors (Lipinski definition) is 5. The zero-order valence-corrected chi connectivity index (χ0v) is 14.7. The molecule has 0 saturated carbocycles. The largest absolute Gasteiger partial charge is 0.480 e. The zero-order chi connectivity index (χ0) is 17.9. The second-order valence-corrected chi connectivity index (χ2v) is 7.99. The summed E-state index contributed by atoms with van der Waals surface area (Å²) in [5.74, 6) is -1.02. The minimum absolute atomic E-state index is 0.0291. The molecule has 3 rings (SSSR count). The van der Waals surface area contributed by atoms with Crippen molar-refractivity contribution in [2.24, 2.45) is 0 Å². The standard InChI is InChI=1S/C9H14N2O3S.C8H8O/c1-9(2)5(8(13)14)11-6(12)4(10-3)7(11)15-9;9-7-6-8-4-2-1-3-5-8/h4-5,7,10H,1-3H3,(H,13,14);1-5,7H,6H2. The van der Waals surface area contributed by atoms with Crippen LogP contribution in [-0.4, -0.2) is 57.4 Å². The number of β-lactam (4-membered cyclic amide) rings is 1. The van der Waals surface area contributed by atoms with Crippen LogP contribution in [0.1, 0.15) is 19.4 Å². The molecule has 2 aliphatic rings. The smallest absolute Gasteiger partial charge is 0.327 e. The number of fused-ring (bicyclic) bond motifs is 1. The molecule has 2 heterocycles. The zero-order valence-electron chi connectivity index (χ0n) is 13.9. The van der Waals surface area contributed by atoms with E-state index in [0.717, 1.165) is 11.8 Å². The average Bonchev–Trinajstić information content (AvgIpc) is 2.78. The lowest BCUT2D eigenvalue weighted by molar-refractivity contribution is -0.160. The summed E-state index contributed by atoms with van der Waals surface area (Å²) in [7, 11) is 1.72. The summed E-state index contributed by atoms with van der Waals surface area (Å²) in [5.41, 5.74) is 1.08. The molecule has 3 unspecified atom stereocenters. The number of carboxylic acid groups (broad SMARTS) is 1. The van der Waals surface area contributed by atoms with Gasteiger partial charge in [-0.25, -0.2) is 4.79 Å². The van der Waals surface area contributed by atoms with Gasteiger partial charge in [-0.1, -0.05) is 30.3 Å². The van der Waals surface area contributed by atoms with Crippen LogP contribution >= 0.6 is 11.8 Å². The van der Waals surface area contributed by atoms with Gasteiger partial charge in [0.2, 0.25) is 5.91 Å². The summed E-state index contributed by atoms with van der Waals surface area (Å²) in [4.78, 5) is 34.2. The number of carboxylic acids is 1. The van der Waals surface area contributed by atoms with Crippen LogP contribution in [0, 0.1) is 0 Å². The summed E-state index contributed by atoms with van der Waals surface area (Å²) in [6.45, 7) is 3.74. The number of carbonyl (C=O) groups excluding carboxylic acids is 2. The molecule has 1 amide bonds. The van der Waals surface area contributed by atoms with E-state index in [0.29, 0.717) is 6.42 Å². The van der Waals surface area contributed by atoms with E-state index in [1.165, 1.54) is 4.90 Å². The first-order valence-corrected chi connectivity index (χ1v) is 8.59. The van der Waals surface area contributed by atoms with Crippen LogP contribution in [0.25, 0.3) is 0 Å². The summed E-state index contributed by atoms with van der Waals surface area (Å²) >= 11 is 1.55. The van der Waals surface area contributed by atoms with E-state index in [9.17, 15) is 14.4 Å². The van der Waals surface area contributed by atoms with Crippen molar-refractivity contribution in [2.45, 2.75) is 42.5 Å². The van der Waals surface area contributed by atoms with Crippen LogP contribution in [0.15, 0.2) is 30.3 Å². The third-order valence-electron chi connectivity index (χ3n) is 4.15. The number of aldehydes is 1. The van der Waals surface area contributed by atoms with Crippen molar-refractivity contribution >= 4 is 29.9 Å². The Morgan fingerprint density at radius 2 is 2.00 bits per heavy atom.